The molecule has 6 heteroatoms. The monoisotopic (exact) mass is 282 g/mol. The summed E-state index contributed by atoms with van der Waals surface area (Å²) in [7, 11) is 0. The quantitative estimate of drug-likeness (QED) is 0.792. The van der Waals surface area contributed by atoms with E-state index >= 15 is 0 Å². The third-order valence-corrected chi connectivity index (χ3v) is 3.66. The molecule has 0 radical (unpaired) electrons. The first-order chi connectivity index (χ1) is 8.99. The zero-order chi connectivity index (χ0) is 14.0. The molecule has 1 heterocycles. The Kier molecular flexibility index (Phi) is 4.07. The van der Waals surface area contributed by atoms with Crippen molar-refractivity contribution in [2.45, 2.75) is 19.4 Å². The van der Waals surface area contributed by atoms with Gasteiger partial charge in [0.15, 0.2) is 0 Å². The van der Waals surface area contributed by atoms with E-state index in [1.54, 1.807) is 0 Å². The van der Waals surface area contributed by atoms with Crippen molar-refractivity contribution in [3.05, 3.63) is 28.8 Å². The van der Waals surface area contributed by atoms with Gasteiger partial charge in [-0.1, -0.05) is 11.6 Å². The summed E-state index contributed by atoms with van der Waals surface area (Å²) in [6.45, 7) is 2.76. The molecule has 1 aliphatic rings. The van der Waals surface area contributed by atoms with Crippen LogP contribution in [0, 0.1) is 5.92 Å². The number of rotatable bonds is 3. The van der Waals surface area contributed by atoms with Gasteiger partial charge in [-0.25, -0.2) is 4.79 Å². The summed E-state index contributed by atoms with van der Waals surface area (Å²) in [5.74, 6) is -1.31. The number of amides is 1. The van der Waals surface area contributed by atoms with E-state index < -0.39 is 5.97 Å². The smallest absolute Gasteiger partial charge is 0.335 e. The van der Waals surface area contributed by atoms with Crippen molar-refractivity contribution < 1.29 is 14.7 Å². The highest BCUT2D eigenvalue weighted by Gasteiger charge is 2.29. The molecule has 1 aliphatic heterocycles. The maximum atomic E-state index is 12.1. The van der Waals surface area contributed by atoms with Crippen molar-refractivity contribution in [3.8, 4) is 0 Å². The lowest BCUT2D eigenvalue weighted by Crippen LogP contribution is -2.32. The van der Waals surface area contributed by atoms with Gasteiger partial charge in [0.25, 0.3) is 0 Å². The summed E-state index contributed by atoms with van der Waals surface area (Å²) < 4.78 is 0. The van der Waals surface area contributed by atoms with E-state index in [0.717, 1.165) is 13.0 Å². The molecule has 2 atom stereocenters. The minimum Gasteiger partial charge on any atom is -0.478 e. The molecule has 19 heavy (non-hydrogen) atoms. The van der Waals surface area contributed by atoms with Gasteiger partial charge in [0.05, 0.1) is 22.2 Å². The fourth-order valence-corrected chi connectivity index (χ4v) is 2.36. The van der Waals surface area contributed by atoms with E-state index in [0.29, 0.717) is 10.7 Å². The van der Waals surface area contributed by atoms with Crippen molar-refractivity contribution >= 4 is 29.2 Å². The number of halogens is 1. The summed E-state index contributed by atoms with van der Waals surface area (Å²) in [6, 6.07) is 4.36. The molecule has 2 rings (SSSR count). The fraction of sp³-hybridized carbons (Fsp3) is 0.385. The number of carboxylic acids is 1. The van der Waals surface area contributed by atoms with Gasteiger partial charge in [0.1, 0.15) is 0 Å². The summed E-state index contributed by atoms with van der Waals surface area (Å²) in [5, 5.41) is 15.1. The predicted molar refractivity (Wildman–Crippen MR) is 72.6 cm³/mol. The first kappa shape index (κ1) is 13.8. The average Bonchev–Trinajstić information content (AvgIpc) is 2.78. The fourth-order valence-electron chi connectivity index (χ4n) is 2.20. The van der Waals surface area contributed by atoms with E-state index in [1.807, 2.05) is 6.92 Å². The number of carbonyl (C=O) groups excluding carboxylic acids is 1. The van der Waals surface area contributed by atoms with Gasteiger partial charge < -0.3 is 15.7 Å². The number of carboxylic acid groups (broad SMARTS) is 1. The van der Waals surface area contributed by atoms with Gasteiger partial charge in [-0.2, -0.15) is 0 Å². The lowest BCUT2D eigenvalue weighted by Gasteiger charge is -2.15. The molecule has 5 nitrogen and oxygen atoms in total. The summed E-state index contributed by atoms with van der Waals surface area (Å²) >= 11 is 5.96. The topological polar surface area (TPSA) is 78.4 Å². The maximum absolute atomic E-state index is 12.1. The van der Waals surface area contributed by atoms with E-state index in [1.165, 1.54) is 18.2 Å². The normalized spacial score (nSPS) is 22.2. The van der Waals surface area contributed by atoms with Gasteiger partial charge in [0.2, 0.25) is 5.91 Å². The Labute approximate surface area is 116 Å². The van der Waals surface area contributed by atoms with Crippen molar-refractivity contribution in [1.29, 1.82) is 0 Å². The molecule has 0 spiro atoms. The van der Waals surface area contributed by atoms with Crippen LogP contribution >= 0.6 is 11.6 Å². The predicted octanol–water partition coefficient (Wildman–Crippen LogP) is 1.97. The van der Waals surface area contributed by atoms with Crippen molar-refractivity contribution in [1.82, 2.24) is 5.32 Å². The Hall–Kier alpha value is -1.59. The van der Waals surface area contributed by atoms with Gasteiger partial charge in [-0.15, -0.1) is 0 Å². The molecule has 1 fully saturated rings. The number of aromatic carboxylic acids is 1. The van der Waals surface area contributed by atoms with E-state index in [9.17, 15) is 9.59 Å². The number of hydrogen-bond donors (Lipinski definition) is 3. The standard InChI is InChI=1S/C13H15ClN2O3/c1-7-9(4-5-15-7)12(17)16-11-6-8(13(18)19)2-3-10(11)14/h2-3,6-7,9,15H,4-5H2,1H3,(H,16,17)(H,18,19). The number of carbonyl (C=O) groups is 2. The Balaban J connectivity index is 2.16. The van der Waals surface area contributed by atoms with Crippen LogP contribution in [0.15, 0.2) is 18.2 Å². The molecule has 0 saturated carbocycles. The summed E-state index contributed by atoms with van der Waals surface area (Å²) in [5.41, 5.74) is 0.433. The molecule has 102 valence electrons. The van der Waals surface area contributed by atoms with Crippen molar-refractivity contribution in [3.63, 3.8) is 0 Å². The van der Waals surface area contributed by atoms with E-state index in [4.69, 9.17) is 16.7 Å². The molecule has 3 N–H and O–H groups in total. The average molecular weight is 283 g/mol. The van der Waals surface area contributed by atoms with Crippen LogP contribution in [0.5, 0.6) is 0 Å². The zero-order valence-corrected chi connectivity index (χ0v) is 11.2. The molecule has 1 saturated heterocycles. The lowest BCUT2D eigenvalue weighted by molar-refractivity contribution is -0.120. The minimum atomic E-state index is -1.05. The minimum absolute atomic E-state index is 0.0947. The first-order valence-corrected chi connectivity index (χ1v) is 6.44. The Morgan fingerprint density at radius 2 is 2.21 bits per heavy atom. The third-order valence-electron chi connectivity index (χ3n) is 3.33. The summed E-state index contributed by atoms with van der Waals surface area (Å²) in [6.07, 6.45) is 0.767. The largest absolute Gasteiger partial charge is 0.478 e. The van der Waals surface area contributed by atoms with Crippen molar-refractivity contribution in [2.24, 2.45) is 5.92 Å². The zero-order valence-electron chi connectivity index (χ0n) is 10.4. The van der Waals surface area contributed by atoms with Crippen LogP contribution in [0.2, 0.25) is 5.02 Å². The van der Waals surface area contributed by atoms with Crippen LogP contribution in [0.1, 0.15) is 23.7 Å². The summed E-state index contributed by atoms with van der Waals surface area (Å²) in [4.78, 5) is 23.0. The van der Waals surface area contributed by atoms with Crippen LogP contribution in [0.25, 0.3) is 0 Å². The molecule has 2 unspecified atom stereocenters. The second-order valence-electron chi connectivity index (χ2n) is 4.63. The molecule has 0 bridgehead atoms. The molecule has 1 amide bonds. The van der Waals surface area contributed by atoms with Gasteiger partial charge in [-0.05, 0) is 38.1 Å². The Morgan fingerprint density at radius 1 is 1.47 bits per heavy atom. The van der Waals surface area contributed by atoms with Gasteiger partial charge >= 0.3 is 5.97 Å². The molecular formula is C13H15ClN2O3. The molecule has 1 aromatic carbocycles. The maximum Gasteiger partial charge on any atom is 0.335 e. The van der Waals surface area contributed by atoms with E-state index in [2.05, 4.69) is 10.6 Å². The van der Waals surface area contributed by atoms with Crippen LogP contribution in [-0.4, -0.2) is 29.6 Å². The Bertz CT molecular complexity index is 519. The number of hydrogen-bond acceptors (Lipinski definition) is 3. The first-order valence-electron chi connectivity index (χ1n) is 6.06. The van der Waals surface area contributed by atoms with Crippen LogP contribution in [0.4, 0.5) is 5.69 Å². The van der Waals surface area contributed by atoms with Gasteiger partial charge in [0, 0.05) is 6.04 Å². The third kappa shape index (κ3) is 3.05. The van der Waals surface area contributed by atoms with Crippen LogP contribution in [0.3, 0.4) is 0 Å². The number of benzene rings is 1. The van der Waals surface area contributed by atoms with E-state index in [-0.39, 0.29) is 23.4 Å². The highest BCUT2D eigenvalue weighted by molar-refractivity contribution is 6.33. The lowest BCUT2D eigenvalue weighted by atomic mass is 10.0. The van der Waals surface area contributed by atoms with Crippen molar-refractivity contribution in [2.75, 3.05) is 11.9 Å². The second-order valence-corrected chi connectivity index (χ2v) is 5.03. The molecule has 1 aromatic rings. The molecular weight excluding hydrogens is 268 g/mol. The van der Waals surface area contributed by atoms with Gasteiger partial charge in [-0.3, -0.25) is 4.79 Å². The highest BCUT2D eigenvalue weighted by atomic mass is 35.5. The molecule has 0 aliphatic carbocycles. The SMILES string of the molecule is CC1NCCC1C(=O)Nc1cc(C(=O)O)ccc1Cl. The highest BCUT2D eigenvalue weighted by Crippen LogP contribution is 2.25. The second kappa shape index (κ2) is 5.59. The Morgan fingerprint density at radius 3 is 2.79 bits per heavy atom. The van der Waals surface area contributed by atoms with Crippen LogP contribution < -0.4 is 10.6 Å². The van der Waals surface area contributed by atoms with Crippen LogP contribution in [-0.2, 0) is 4.79 Å². The number of nitrogens with one attached hydrogen (secondary N) is 2. The number of anilines is 1. The molecule has 0 aromatic heterocycles.